The van der Waals surface area contributed by atoms with Crippen molar-refractivity contribution in [1.29, 1.82) is 0 Å². The van der Waals surface area contributed by atoms with Crippen LogP contribution in [0.25, 0.3) is 0 Å². The fourth-order valence-corrected chi connectivity index (χ4v) is 3.98. The van der Waals surface area contributed by atoms with Gasteiger partial charge in [0.25, 0.3) is 10.0 Å². The number of aryl methyl sites for hydroxylation is 1. The summed E-state index contributed by atoms with van der Waals surface area (Å²) in [5.74, 6) is 0.823. The zero-order valence-electron chi connectivity index (χ0n) is 15.3. The molecule has 6 heteroatoms. The summed E-state index contributed by atoms with van der Waals surface area (Å²) < 4.78 is 32.8. The third-order valence-corrected chi connectivity index (χ3v) is 5.72. The largest absolute Gasteiger partial charge is 0.497 e. The fourth-order valence-electron chi connectivity index (χ4n) is 2.67. The lowest BCUT2D eigenvalue weighted by Gasteiger charge is -2.11. The molecule has 0 bridgehead atoms. The van der Waals surface area contributed by atoms with Gasteiger partial charge < -0.3 is 10.1 Å². The maximum Gasteiger partial charge on any atom is 0.262 e. The lowest BCUT2D eigenvalue weighted by atomic mass is 10.2. The minimum absolute atomic E-state index is 0.284. The van der Waals surface area contributed by atoms with Crippen LogP contribution in [0, 0.1) is 6.92 Å². The number of hydrogen-bond donors (Lipinski definition) is 2. The Morgan fingerprint density at radius 3 is 2.11 bits per heavy atom. The van der Waals surface area contributed by atoms with Crippen LogP contribution in [0.5, 0.6) is 5.75 Å². The van der Waals surface area contributed by atoms with Crippen LogP contribution in [0.4, 0.5) is 11.4 Å². The van der Waals surface area contributed by atoms with E-state index in [2.05, 4.69) is 10.0 Å². The van der Waals surface area contributed by atoms with E-state index in [9.17, 15) is 8.42 Å². The first-order valence-corrected chi connectivity index (χ1v) is 10.0. The van der Waals surface area contributed by atoms with E-state index in [-0.39, 0.29) is 4.90 Å². The standard InChI is InChI=1S/C21H22N2O3S/c1-16-5-3-4-6-21(16)27(24,25)23-19-11-9-18(10-12-19)22-15-17-7-13-20(26-2)14-8-17/h3-14,22-23H,15H2,1-2H3. The van der Waals surface area contributed by atoms with Gasteiger partial charge in [0.1, 0.15) is 5.75 Å². The van der Waals surface area contributed by atoms with Gasteiger partial charge in [-0.05, 0) is 60.5 Å². The highest BCUT2D eigenvalue weighted by Crippen LogP contribution is 2.21. The number of anilines is 2. The molecule has 0 aliphatic carbocycles. The molecule has 0 fully saturated rings. The molecule has 0 spiro atoms. The molecule has 0 saturated carbocycles. The second-order valence-electron chi connectivity index (χ2n) is 6.15. The molecule has 140 valence electrons. The highest BCUT2D eigenvalue weighted by molar-refractivity contribution is 7.92. The average Bonchev–Trinajstić information content (AvgIpc) is 2.68. The summed E-state index contributed by atoms with van der Waals surface area (Å²) in [6.45, 7) is 2.44. The van der Waals surface area contributed by atoms with Gasteiger partial charge in [0.05, 0.1) is 12.0 Å². The number of benzene rings is 3. The van der Waals surface area contributed by atoms with Gasteiger partial charge in [0.2, 0.25) is 0 Å². The topological polar surface area (TPSA) is 67.4 Å². The first kappa shape index (κ1) is 18.8. The molecule has 0 atom stereocenters. The zero-order chi connectivity index (χ0) is 19.3. The SMILES string of the molecule is COc1ccc(CNc2ccc(NS(=O)(=O)c3ccccc3C)cc2)cc1. The molecule has 3 rings (SSSR count). The molecule has 0 unspecified atom stereocenters. The second kappa shape index (κ2) is 8.14. The van der Waals surface area contributed by atoms with Crippen molar-refractivity contribution >= 4 is 21.4 Å². The van der Waals surface area contributed by atoms with E-state index in [0.717, 1.165) is 17.0 Å². The summed E-state index contributed by atoms with van der Waals surface area (Å²) in [5.41, 5.74) is 3.26. The second-order valence-corrected chi connectivity index (χ2v) is 7.80. The highest BCUT2D eigenvalue weighted by Gasteiger charge is 2.16. The number of rotatable bonds is 7. The number of sulfonamides is 1. The summed E-state index contributed by atoms with van der Waals surface area (Å²) in [5, 5.41) is 3.31. The quantitative estimate of drug-likeness (QED) is 0.635. The lowest BCUT2D eigenvalue weighted by Crippen LogP contribution is -2.14. The number of methoxy groups -OCH3 is 1. The average molecular weight is 382 g/mol. The molecular weight excluding hydrogens is 360 g/mol. The Labute approximate surface area is 160 Å². The first-order valence-electron chi connectivity index (χ1n) is 8.53. The predicted octanol–water partition coefficient (Wildman–Crippen LogP) is 4.42. The van der Waals surface area contributed by atoms with Gasteiger partial charge in [-0.15, -0.1) is 0 Å². The van der Waals surface area contributed by atoms with Crippen LogP contribution in [0.15, 0.2) is 77.7 Å². The van der Waals surface area contributed by atoms with Gasteiger partial charge in [-0.1, -0.05) is 30.3 Å². The Morgan fingerprint density at radius 1 is 0.852 bits per heavy atom. The number of hydrogen-bond acceptors (Lipinski definition) is 4. The van der Waals surface area contributed by atoms with Crippen molar-refractivity contribution in [3.05, 3.63) is 83.9 Å². The van der Waals surface area contributed by atoms with Gasteiger partial charge in [-0.3, -0.25) is 4.72 Å². The molecule has 0 aliphatic heterocycles. The Morgan fingerprint density at radius 2 is 1.48 bits per heavy atom. The molecule has 5 nitrogen and oxygen atoms in total. The molecule has 0 radical (unpaired) electrons. The van der Waals surface area contributed by atoms with Gasteiger partial charge in [0, 0.05) is 17.9 Å². The van der Waals surface area contributed by atoms with Gasteiger partial charge >= 0.3 is 0 Å². The van der Waals surface area contributed by atoms with Gasteiger partial charge in [0.15, 0.2) is 0 Å². The third kappa shape index (κ3) is 4.80. The summed E-state index contributed by atoms with van der Waals surface area (Å²) in [6.07, 6.45) is 0. The molecular formula is C21H22N2O3S. The Hall–Kier alpha value is -2.99. The van der Waals surface area contributed by atoms with E-state index in [4.69, 9.17) is 4.74 Å². The Balaban J connectivity index is 1.64. The maximum absolute atomic E-state index is 12.5. The molecule has 0 aromatic heterocycles. The number of nitrogens with one attached hydrogen (secondary N) is 2. The van der Waals surface area contributed by atoms with Crippen LogP contribution < -0.4 is 14.8 Å². The van der Waals surface area contributed by atoms with E-state index in [1.807, 2.05) is 42.5 Å². The Bertz CT molecular complexity index is 998. The van der Waals surface area contributed by atoms with E-state index >= 15 is 0 Å². The van der Waals surface area contributed by atoms with Gasteiger partial charge in [-0.25, -0.2) is 8.42 Å². The number of ether oxygens (including phenoxy) is 1. The van der Waals surface area contributed by atoms with E-state index in [0.29, 0.717) is 17.8 Å². The predicted molar refractivity (Wildman–Crippen MR) is 109 cm³/mol. The molecule has 27 heavy (non-hydrogen) atoms. The maximum atomic E-state index is 12.5. The normalized spacial score (nSPS) is 11.0. The monoisotopic (exact) mass is 382 g/mol. The summed E-state index contributed by atoms with van der Waals surface area (Å²) in [7, 11) is -1.96. The van der Waals surface area contributed by atoms with Crippen LogP contribution in [0.2, 0.25) is 0 Å². The molecule has 0 saturated heterocycles. The van der Waals surface area contributed by atoms with Crippen molar-refractivity contribution in [3.63, 3.8) is 0 Å². The van der Waals surface area contributed by atoms with Crippen LogP contribution in [-0.2, 0) is 16.6 Å². The van der Waals surface area contributed by atoms with E-state index in [1.54, 1.807) is 44.4 Å². The summed E-state index contributed by atoms with van der Waals surface area (Å²) >= 11 is 0. The van der Waals surface area contributed by atoms with Crippen molar-refractivity contribution in [3.8, 4) is 5.75 Å². The molecule has 3 aromatic carbocycles. The smallest absolute Gasteiger partial charge is 0.262 e. The van der Waals surface area contributed by atoms with Crippen LogP contribution in [0.3, 0.4) is 0 Å². The van der Waals surface area contributed by atoms with Crippen molar-refractivity contribution in [2.45, 2.75) is 18.4 Å². The van der Waals surface area contributed by atoms with Crippen LogP contribution in [0.1, 0.15) is 11.1 Å². The van der Waals surface area contributed by atoms with E-state index in [1.165, 1.54) is 0 Å². The van der Waals surface area contributed by atoms with Crippen molar-refractivity contribution in [2.75, 3.05) is 17.1 Å². The zero-order valence-corrected chi connectivity index (χ0v) is 16.1. The van der Waals surface area contributed by atoms with Crippen molar-refractivity contribution < 1.29 is 13.2 Å². The molecule has 0 heterocycles. The summed E-state index contributed by atoms with van der Waals surface area (Å²) in [6, 6.07) is 21.9. The van der Waals surface area contributed by atoms with Crippen LogP contribution in [-0.4, -0.2) is 15.5 Å². The van der Waals surface area contributed by atoms with Crippen LogP contribution >= 0.6 is 0 Å². The third-order valence-electron chi connectivity index (χ3n) is 4.18. The van der Waals surface area contributed by atoms with Crippen molar-refractivity contribution in [1.82, 2.24) is 0 Å². The molecule has 0 aliphatic rings. The first-order chi connectivity index (χ1) is 13.0. The minimum Gasteiger partial charge on any atom is -0.497 e. The lowest BCUT2D eigenvalue weighted by molar-refractivity contribution is 0.414. The Kier molecular flexibility index (Phi) is 5.66. The molecule has 3 aromatic rings. The fraction of sp³-hybridized carbons (Fsp3) is 0.143. The minimum atomic E-state index is -3.60. The molecule has 2 N–H and O–H groups in total. The van der Waals surface area contributed by atoms with Crippen molar-refractivity contribution in [2.24, 2.45) is 0 Å². The van der Waals surface area contributed by atoms with Gasteiger partial charge in [-0.2, -0.15) is 0 Å². The molecule has 0 amide bonds. The summed E-state index contributed by atoms with van der Waals surface area (Å²) in [4.78, 5) is 0.284. The highest BCUT2D eigenvalue weighted by atomic mass is 32.2. The van der Waals surface area contributed by atoms with E-state index < -0.39 is 10.0 Å².